The third-order valence-electron chi connectivity index (χ3n) is 4.82. The average Bonchev–Trinajstić information content (AvgIpc) is 2.38. The first-order chi connectivity index (χ1) is 8.77. The summed E-state index contributed by atoms with van der Waals surface area (Å²) in [7, 11) is 0. The number of nitrogens with one attached hydrogen (secondary N) is 2. The van der Waals surface area contributed by atoms with Gasteiger partial charge in [-0.15, -0.1) is 0 Å². The Hall–Kier alpha value is -0.610. The molecular formula is C14H24N2O2. The summed E-state index contributed by atoms with van der Waals surface area (Å²) in [5.41, 5.74) is 0.360. The molecule has 2 aliphatic heterocycles. The lowest BCUT2D eigenvalue weighted by atomic mass is 9.70. The predicted molar refractivity (Wildman–Crippen MR) is 69.3 cm³/mol. The molecule has 2 unspecified atom stereocenters. The molecule has 0 aromatic rings. The molecule has 3 aliphatic rings. The van der Waals surface area contributed by atoms with Gasteiger partial charge in [0, 0.05) is 18.2 Å². The van der Waals surface area contributed by atoms with Crippen molar-refractivity contribution in [3.8, 4) is 0 Å². The van der Waals surface area contributed by atoms with Gasteiger partial charge in [-0.1, -0.05) is 0 Å². The number of rotatable bonds is 2. The zero-order valence-corrected chi connectivity index (χ0v) is 11.0. The fourth-order valence-corrected chi connectivity index (χ4v) is 3.53. The normalized spacial score (nSPS) is 34.9. The highest BCUT2D eigenvalue weighted by Crippen LogP contribution is 2.38. The second-order valence-corrected chi connectivity index (χ2v) is 6.17. The van der Waals surface area contributed by atoms with E-state index in [1.807, 2.05) is 0 Å². The summed E-state index contributed by atoms with van der Waals surface area (Å²) in [6.45, 7) is 2.48. The number of hydrogen-bond acceptors (Lipinski definition) is 3. The van der Waals surface area contributed by atoms with Crippen molar-refractivity contribution in [3.63, 3.8) is 0 Å². The van der Waals surface area contributed by atoms with Gasteiger partial charge in [0.05, 0.1) is 12.5 Å². The summed E-state index contributed by atoms with van der Waals surface area (Å²) >= 11 is 0. The molecule has 4 nitrogen and oxygen atoms in total. The zero-order valence-electron chi connectivity index (χ0n) is 11.0. The first-order valence-electron chi connectivity index (χ1n) is 7.41. The largest absolute Gasteiger partial charge is 0.381 e. The van der Waals surface area contributed by atoms with Crippen LogP contribution in [0.2, 0.25) is 0 Å². The highest BCUT2D eigenvalue weighted by atomic mass is 16.5. The van der Waals surface area contributed by atoms with Gasteiger partial charge < -0.3 is 15.4 Å². The van der Waals surface area contributed by atoms with Crippen LogP contribution in [0.4, 0.5) is 0 Å². The van der Waals surface area contributed by atoms with Gasteiger partial charge in [0.2, 0.25) is 5.91 Å². The van der Waals surface area contributed by atoms with Crippen molar-refractivity contribution in [1.29, 1.82) is 0 Å². The minimum Gasteiger partial charge on any atom is -0.381 e. The Labute approximate surface area is 109 Å². The maximum atomic E-state index is 12.2. The van der Waals surface area contributed by atoms with E-state index in [1.54, 1.807) is 0 Å². The van der Waals surface area contributed by atoms with Crippen LogP contribution >= 0.6 is 0 Å². The second-order valence-electron chi connectivity index (χ2n) is 6.17. The van der Waals surface area contributed by atoms with E-state index >= 15 is 0 Å². The van der Waals surface area contributed by atoms with Gasteiger partial charge in [-0.3, -0.25) is 4.79 Å². The molecule has 0 aromatic heterocycles. The topological polar surface area (TPSA) is 50.4 Å². The Morgan fingerprint density at radius 2 is 2.17 bits per heavy atom. The fourth-order valence-electron chi connectivity index (χ4n) is 3.53. The van der Waals surface area contributed by atoms with Crippen LogP contribution in [0.15, 0.2) is 0 Å². The molecule has 102 valence electrons. The summed E-state index contributed by atoms with van der Waals surface area (Å²) in [6, 6.07) is 0.376. The summed E-state index contributed by atoms with van der Waals surface area (Å²) in [5, 5.41) is 6.89. The minimum absolute atomic E-state index is 0.0889. The SMILES string of the molecule is O=C(NC1CCNC2(CCC2)C1)C1CCCOC1. The molecule has 3 rings (SSSR count). The summed E-state index contributed by atoms with van der Waals surface area (Å²) in [5.74, 6) is 0.307. The summed E-state index contributed by atoms with van der Waals surface area (Å²) in [4.78, 5) is 12.2. The minimum atomic E-state index is 0.0889. The molecule has 0 radical (unpaired) electrons. The van der Waals surface area contributed by atoms with Crippen molar-refractivity contribution in [2.24, 2.45) is 5.92 Å². The van der Waals surface area contributed by atoms with E-state index in [0.29, 0.717) is 18.2 Å². The number of ether oxygens (including phenoxy) is 1. The van der Waals surface area contributed by atoms with Crippen LogP contribution in [0.1, 0.15) is 44.9 Å². The van der Waals surface area contributed by atoms with E-state index in [0.717, 1.165) is 38.8 Å². The lowest BCUT2D eigenvalue weighted by Gasteiger charge is -2.48. The summed E-state index contributed by atoms with van der Waals surface area (Å²) in [6.07, 6.45) is 8.10. The molecule has 0 bridgehead atoms. The molecule has 4 heteroatoms. The Kier molecular flexibility index (Phi) is 3.57. The number of hydrogen-bond donors (Lipinski definition) is 2. The van der Waals surface area contributed by atoms with E-state index in [4.69, 9.17) is 4.74 Å². The van der Waals surface area contributed by atoms with Crippen LogP contribution in [0.3, 0.4) is 0 Å². The zero-order chi connectivity index (χ0) is 12.4. The van der Waals surface area contributed by atoms with Crippen LogP contribution < -0.4 is 10.6 Å². The molecule has 2 atom stereocenters. The molecule has 1 amide bonds. The van der Waals surface area contributed by atoms with E-state index in [9.17, 15) is 4.79 Å². The third-order valence-corrected chi connectivity index (χ3v) is 4.82. The first kappa shape index (κ1) is 12.4. The quantitative estimate of drug-likeness (QED) is 0.776. The molecule has 2 saturated heterocycles. The van der Waals surface area contributed by atoms with Gasteiger partial charge in [-0.05, 0) is 51.5 Å². The lowest BCUT2D eigenvalue weighted by Crippen LogP contribution is -2.60. The molecule has 3 fully saturated rings. The van der Waals surface area contributed by atoms with Crippen LogP contribution in [0.25, 0.3) is 0 Å². The van der Waals surface area contributed by atoms with Crippen LogP contribution in [0.5, 0.6) is 0 Å². The van der Waals surface area contributed by atoms with E-state index in [1.165, 1.54) is 19.3 Å². The predicted octanol–water partition coefficient (Wildman–Crippen LogP) is 1.20. The van der Waals surface area contributed by atoms with Gasteiger partial charge in [0.15, 0.2) is 0 Å². The number of amides is 1. The molecule has 1 saturated carbocycles. The smallest absolute Gasteiger partial charge is 0.225 e. The molecule has 1 aliphatic carbocycles. The summed E-state index contributed by atoms with van der Waals surface area (Å²) < 4.78 is 5.39. The fraction of sp³-hybridized carbons (Fsp3) is 0.929. The van der Waals surface area contributed by atoms with Crippen molar-refractivity contribution in [1.82, 2.24) is 10.6 Å². The van der Waals surface area contributed by atoms with Gasteiger partial charge in [-0.2, -0.15) is 0 Å². The molecular weight excluding hydrogens is 228 g/mol. The average molecular weight is 252 g/mol. The Morgan fingerprint density at radius 1 is 1.28 bits per heavy atom. The first-order valence-corrected chi connectivity index (χ1v) is 7.41. The lowest BCUT2D eigenvalue weighted by molar-refractivity contribution is -0.130. The molecule has 2 N–H and O–H groups in total. The Balaban J connectivity index is 1.50. The number of piperidine rings is 1. The van der Waals surface area contributed by atoms with Gasteiger partial charge in [0.1, 0.15) is 0 Å². The number of carbonyl (C=O) groups excluding carboxylic acids is 1. The van der Waals surface area contributed by atoms with Crippen LogP contribution in [-0.4, -0.2) is 37.2 Å². The van der Waals surface area contributed by atoms with E-state index in [2.05, 4.69) is 10.6 Å². The van der Waals surface area contributed by atoms with Crippen molar-refractivity contribution in [2.45, 2.75) is 56.5 Å². The van der Waals surface area contributed by atoms with Crippen LogP contribution in [-0.2, 0) is 9.53 Å². The van der Waals surface area contributed by atoms with Gasteiger partial charge >= 0.3 is 0 Å². The van der Waals surface area contributed by atoms with Crippen molar-refractivity contribution in [3.05, 3.63) is 0 Å². The van der Waals surface area contributed by atoms with Crippen molar-refractivity contribution < 1.29 is 9.53 Å². The van der Waals surface area contributed by atoms with Gasteiger partial charge in [0.25, 0.3) is 0 Å². The number of carbonyl (C=O) groups is 1. The van der Waals surface area contributed by atoms with E-state index < -0.39 is 0 Å². The molecule has 2 heterocycles. The van der Waals surface area contributed by atoms with Crippen LogP contribution in [0, 0.1) is 5.92 Å². The maximum absolute atomic E-state index is 12.2. The Bertz CT molecular complexity index is 309. The van der Waals surface area contributed by atoms with Crippen molar-refractivity contribution >= 4 is 5.91 Å². The second kappa shape index (κ2) is 5.17. The third kappa shape index (κ3) is 2.54. The molecule has 18 heavy (non-hydrogen) atoms. The van der Waals surface area contributed by atoms with E-state index in [-0.39, 0.29) is 11.8 Å². The molecule has 0 aromatic carbocycles. The standard InChI is InChI=1S/C14H24N2O2/c17-13(11-3-1-8-18-10-11)16-12-4-7-15-14(9-12)5-2-6-14/h11-12,15H,1-10H2,(H,16,17). The maximum Gasteiger partial charge on any atom is 0.225 e. The Morgan fingerprint density at radius 3 is 2.83 bits per heavy atom. The monoisotopic (exact) mass is 252 g/mol. The highest BCUT2D eigenvalue weighted by Gasteiger charge is 2.41. The van der Waals surface area contributed by atoms with Crippen molar-refractivity contribution in [2.75, 3.05) is 19.8 Å². The highest BCUT2D eigenvalue weighted by molar-refractivity contribution is 5.79. The molecule has 1 spiro atoms. The van der Waals surface area contributed by atoms with Gasteiger partial charge in [-0.25, -0.2) is 0 Å².